The molecule has 0 atom stereocenters. The Morgan fingerprint density at radius 1 is 1.10 bits per heavy atom. The van der Waals surface area contributed by atoms with Crippen molar-refractivity contribution in [1.29, 1.82) is 0 Å². The maximum Gasteiger partial charge on any atom is 0.126 e. The standard InChI is InChI=1S/C18H27FN2/c19-18-14-15(8-11-21-12-9-20-10-13-21)6-7-17(18)16-4-2-1-3-5-16/h6-7,14,16,20H,1-5,8-13H2. The highest BCUT2D eigenvalue weighted by molar-refractivity contribution is 5.27. The second-order valence-corrected chi connectivity index (χ2v) is 6.53. The smallest absolute Gasteiger partial charge is 0.126 e. The number of hydrogen-bond donors (Lipinski definition) is 1. The van der Waals surface area contributed by atoms with Crippen molar-refractivity contribution in [2.24, 2.45) is 0 Å². The molecule has 2 nitrogen and oxygen atoms in total. The molecule has 0 unspecified atom stereocenters. The van der Waals surface area contributed by atoms with Crippen LogP contribution in [-0.4, -0.2) is 37.6 Å². The van der Waals surface area contributed by atoms with E-state index in [9.17, 15) is 4.39 Å². The van der Waals surface area contributed by atoms with Crippen molar-refractivity contribution in [2.75, 3.05) is 32.7 Å². The first-order valence-corrected chi connectivity index (χ1v) is 8.54. The molecule has 2 fully saturated rings. The molecule has 0 spiro atoms. The van der Waals surface area contributed by atoms with Gasteiger partial charge in [0.2, 0.25) is 0 Å². The number of piperazine rings is 1. The number of nitrogens with one attached hydrogen (secondary N) is 1. The van der Waals surface area contributed by atoms with E-state index in [4.69, 9.17) is 0 Å². The molecule has 1 heterocycles. The maximum atomic E-state index is 14.4. The van der Waals surface area contributed by atoms with Gasteiger partial charge < -0.3 is 10.2 Å². The third-order valence-electron chi connectivity index (χ3n) is 5.04. The lowest BCUT2D eigenvalue weighted by Gasteiger charge is -2.27. The summed E-state index contributed by atoms with van der Waals surface area (Å²) in [5.41, 5.74) is 2.10. The molecule has 3 rings (SSSR count). The second kappa shape index (κ2) is 7.37. The van der Waals surface area contributed by atoms with Crippen molar-refractivity contribution >= 4 is 0 Å². The van der Waals surface area contributed by atoms with Crippen LogP contribution in [0.1, 0.15) is 49.1 Å². The number of rotatable bonds is 4. The Morgan fingerprint density at radius 2 is 1.86 bits per heavy atom. The third kappa shape index (κ3) is 4.04. The van der Waals surface area contributed by atoms with Gasteiger partial charge in [-0.1, -0.05) is 31.4 Å². The molecule has 0 bridgehead atoms. The Kier molecular flexibility index (Phi) is 5.26. The van der Waals surface area contributed by atoms with Gasteiger partial charge >= 0.3 is 0 Å². The minimum Gasteiger partial charge on any atom is -0.314 e. The number of hydrogen-bond acceptors (Lipinski definition) is 2. The fraction of sp³-hybridized carbons (Fsp3) is 0.667. The number of benzene rings is 1. The molecular formula is C18H27FN2. The van der Waals surface area contributed by atoms with Gasteiger partial charge in [0.25, 0.3) is 0 Å². The summed E-state index contributed by atoms with van der Waals surface area (Å²) in [6.45, 7) is 5.43. The SMILES string of the molecule is Fc1cc(CCN2CCNCC2)ccc1C1CCCCC1. The highest BCUT2D eigenvalue weighted by atomic mass is 19.1. The van der Waals surface area contributed by atoms with E-state index in [1.165, 1.54) is 19.3 Å². The zero-order valence-corrected chi connectivity index (χ0v) is 12.9. The molecular weight excluding hydrogens is 263 g/mol. The zero-order valence-electron chi connectivity index (χ0n) is 12.9. The van der Waals surface area contributed by atoms with E-state index < -0.39 is 0 Å². The van der Waals surface area contributed by atoms with Gasteiger partial charge in [-0.3, -0.25) is 0 Å². The van der Waals surface area contributed by atoms with Crippen molar-refractivity contribution < 1.29 is 4.39 Å². The van der Waals surface area contributed by atoms with Crippen LogP contribution < -0.4 is 5.32 Å². The molecule has 1 aromatic rings. The molecule has 0 amide bonds. The summed E-state index contributed by atoms with van der Waals surface area (Å²) >= 11 is 0. The van der Waals surface area contributed by atoms with E-state index in [1.807, 2.05) is 0 Å². The fourth-order valence-electron chi connectivity index (χ4n) is 3.69. The Hall–Kier alpha value is -0.930. The van der Waals surface area contributed by atoms with E-state index in [0.717, 1.165) is 63.1 Å². The van der Waals surface area contributed by atoms with Gasteiger partial charge in [0.05, 0.1) is 0 Å². The van der Waals surface area contributed by atoms with Crippen LogP contribution in [0.2, 0.25) is 0 Å². The summed E-state index contributed by atoms with van der Waals surface area (Å²) in [6, 6.07) is 5.99. The minimum atomic E-state index is 0.0275. The van der Waals surface area contributed by atoms with Crippen molar-refractivity contribution in [3.05, 3.63) is 35.1 Å². The first-order chi connectivity index (χ1) is 10.3. The molecule has 2 aliphatic rings. The van der Waals surface area contributed by atoms with Crippen molar-refractivity contribution in [1.82, 2.24) is 10.2 Å². The Bertz CT molecular complexity index is 449. The van der Waals surface area contributed by atoms with Crippen LogP contribution in [0.5, 0.6) is 0 Å². The molecule has 0 aromatic heterocycles. The molecule has 0 radical (unpaired) electrons. The summed E-state index contributed by atoms with van der Waals surface area (Å²) < 4.78 is 14.4. The van der Waals surface area contributed by atoms with Crippen LogP contribution >= 0.6 is 0 Å². The molecule has 21 heavy (non-hydrogen) atoms. The number of nitrogens with zero attached hydrogens (tertiary/aromatic N) is 1. The quantitative estimate of drug-likeness (QED) is 0.915. The van der Waals surface area contributed by atoms with Crippen LogP contribution in [0.3, 0.4) is 0 Å². The number of halogens is 1. The fourth-order valence-corrected chi connectivity index (χ4v) is 3.69. The molecule has 1 aliphatic carbocycles. The average molecular weight is 290 g/mol. The van der Waals surface area contributed by atoms with Crippen molar-refractivity contribution in [2.45, 2.75) is 44.4 Å². The average Bonchev–Trinajstić information content (AvgIpc) is 2.55. The Labute approximate surface area is 127 Å². The minimum absolute atomic E-state index is 0.0275. The predicted molar refractivity (Wildman–Crippen MR) is 85.2 cm³/mol. The van der Waals surface area contributed by atoms with Crippen molar-refractivity contribution in [3.63, 3.8) is 0 Å². The summed E-state index contributed by atoms with van der Waals surface area (Å²) in [4.78, 5) is 2.46. The van der Waals surface area contributed by atoms with Crippen LogP contribution in [0.15, 0.2) is 18.2 Å². The molecule has 1 aliphatic heterocycles. The van der Waals surface area contributed by atoms with Crippen LogP contribution in [0.4, 0.5) is 4.39 Å². The zero-order chi connectivity index (χ0) is 14.5. The lowest BCUT2D eigenvalue weighted by atomic mass is 9.83. The molecule has 116 valence electrons. The van der Waals surface area contributed by atoms with Crippen molar-refractivity contribution in [3.8, 4) is 0 Å². The van der Waals surface area contributed by atoms with Gasteiger partial charge in [0, 0.05) is 32.7 Å². The van der Waals surface area contributed by atoms with Crippen LogP contribution in [0.25, 0.3) is 0 Å². The van der Waals surface area contributed by atoms with E-state index in [1.54, 1.807) is 6.07 Å². The van der Waals surface area contributed by atoms with Gasteiger partial charge in [-0.25, -0.2) is 4.39 Å². The van der Waals surface area contributed by atoms with Crippen LogP contribution in [0, 0.1) is 5.82 Å². The molecule has 1 saturated carbocycles. The Morgan fingerprint density at radius 3 is 2.57 bits per heavy atom. The first kappa shape index (κ1) is 15.0. The molecule has 1 aromatic carbocycles. The maximum absolute atomic E-state index is 14.4. The lowest BCUT2D eigenvalue weighted by Crippen LogP contribution is -2.44. The van der Waals surface area contributed by atoms with Gasteiger partial charge in [-0.15, -0.1) is 0 Å². The summed E-state index contributed by atoms with van der Waals surface area (Å²) in [7, 11) is 0. The van der Waals surface area contributed by atoms with E-state index in [0.29, 0.717) is 5.92 Å². The first-order valence-electron chi connectivity index (χ1n) is 8.54. The summed E-state index contributed by atoms with van der Waals surface area (Å²) in [5.74, 6) is 0.487. The summed E-state index contributed by atoms with van der Waals surface area (Å²) in [6.07, 6.45) is 7.13. The molecule has 3 heteroatoms. The predicted octanol–water partition coefficient (Wildman–Crippen LogP) is 3.32. The second-order valence-electron chi connectivity index (χ2n) is 6.53. The van der Waals surface area contributed by atoms with E-state index in [-0.39, 0.29) is 5.82 Å². The summed E-state index contributed by atoms with van der Waals surface area (Å²) in [5, 5.41) is 3.36. The largest absolute Gasteiger partial charge is 0.314 e. The van der Waals surface area contributed by atoms with Gasteiger partial charge in [0.1, 0.15) is 5.82 Å². The molecule has 1 saturated heterocycles. The third-order valence-corrected chi connectivity index (χ3v) is 5.04. The normalized spacial score (nSPS) is 21.6. The highest BCUT2D eigenvalue weighted by Crippen LogP contribution is 2.34. The topological polar surface area (TPSA) is 15.3 Å². The van der Waals surface area contributed by atoms with Crippen LogP contribution in [-0.2, 0) is 6.42 Å². The van der Waals surface area contributed by atoms with Gasteiger partial charge in [-0.05, 0) is 42.4 Å². The lowest BCUT2D eigenvalue weighted by molar-refractivity contribution is 0.244. The highest BCUT2D eigenvalue weighted by Gasteiger charge is 2.19. The Balaban J connectivity index is 1.58. The van der Waals surface area contributed by atoms with Gasteiger partial charge in [-0.2, -0.15) is 0 Å². The van der Waals surface area contributed by atoms with Gasteiger partial charge in [0.15, 0.2) is 0 Å². The molecule has 1 N–H and O–H groups in total. The monoisotopic (exact) mass is 290 g/mol. The van der Waals surface area contributed by atoms with E-state index in [2.05, 4.69) is 22.3 Å². The van der Waals surface area contributed by atoms with E-state index >= 15 is 0 Å².